The minimum atomic E-state index is 0.104. The van der Waals surface area contributed by atoms with E-state index in [1.165, 1.54) is 0 Å². The predicted molar refractivity (Wildman–Crippen MR) is 209 cm³/mol. The fraction of sp³-hybridized carbons (Fsp3) is 0.881. The minimum absolute atomic E-state index is 0.104. The summed E-state index contributed by atoms with van der Waals surface area (Å²) in [5.74, 6) is 5.68. The second-order valence-electron chi connectivity index (χ2n) is 17.2. The van der Waals surface area contributed by atoms with E-state index >= 15 is 0 Å². The zero-order chi connectivity index (χ0) is 39.3. The van der Waals surface area contributed by atoms with Crippen LogP contribution in [0.4, 0.5) is 0 Å². The summed E-state index contributed by atoms with van der Waals surface area (Å²) < 4.78 is 0. The van der Waals surface area contributed by atoms with Crippen molar-refractivity contribution in [2.45, 2.75) is 189 Å². The summed E-state index contributed by atoms with van der Waals surface area (Å²) in [6.07, 6.45) is 5.22. The number of Topliss-reactive ketones (excluding diaryl/α,β-unsaturated/α-hetero) is 4. The number of carbonyl (C=O) groups excluding carboxylic acids is 5. The molecule has 0 unspecified atom stereocenters. The molecule has 0 radical (unpaired) electrons. The summed E-state index contributed by atoms with van der Waals surface area (Å²) in [5.41, 5.74) is 0. The van der Waals surface area contributed by atoms with E-state index in [1.54, 1.807) is 0 Å². The van der Waals surface area contributed by atoms with E-state index < -0.39 is 0 Å². The molecule has 1 amide bonds. The van der Waals surface area contributed by atoms with Crippen molar-refractivity contribution >= 4 is 29.0 Å². The zero-order valence-electron chi connectivity index (χ0n) is 35.8. The average Bonchev–Trinajstić information content (AvgIpc) is 2.81. The number of rotatable bonds is 17. The van der Waals surface area contributed by atoms with Crippen molar-refractivity contribution in [1.29, 1.82) is 0 Å². The maximum Gasteiger partial charge on any atom is 0.222 e. The number of hydrogen-bond acceptors (Lipinski definition) is 5. The minimum Gasteiger partial charge on any atom is -0.354 e. The van der Waals surface area contributed by atoms with Gasteiger partial charge in [-0.2, -0.15) is 0 Å². The first kappa shape index (κ1) is 55.6. The predicted octanol–water partition coefficient (Wildman–Crippen LogP) is 11.4. The molecule has 0 spiro atoms. The van der Waals surface area contributed by atoms with Crippen molar-refractivity contribution in [2.24, 2.45) is 53.3 Å². The molecule has 0 atom stereocenters. The van der Waals surface area contributed by atoms with E-state index in [-0.39, 0.29) is 23.8 Å². The molecule has 0 fully saturated rings. The second kappa shape index (κ2) is 33.6. The summed E-state index contributed by atoms with van der Waals surface area (Å²) in [6, 6.07) is 0.264. The van der Waals surface area contributed by atoms with Crippen molar-refractivity contribution in [3.8, 4) is 0 Å². The highest BCUT2D eigenvalue weighted by molar-refractivity contribution is 5.80. The van der Waals surface area contributed by atoms with Gasteiger partial charge in [0.25, 0.3) is 0 Å². The Kier molecular flexibility index (Phi) is 38.9. The van der Waals surface area contributed by atoms with Crippen molar-refractivity contribution in [1.82, 2.24) is 5.32 Å². The molecule has 0 saturated carbocycles. The van der Waals surface area contributed by atoms with Crippen LogP contribution in [0.5, 0.6) is 0 Å². The molecule has 0 bridgehead atoms. The van der Waals surface area contributed by atoms with Crippen molar-refractivity contribution in [3.05, 3.63) is 0 Å². The number of carbonyl (C=O) groups is 5. The Morgan fingerprint density at radius 2 is 0.542 bits per heavy atom. The fourth-order valence-corrected chi connectivity index (χ4v) is 4.07. The van der Waals surface area contributed by atoms with Gasteiger partial charge in [-0.3, -0.25) is 24.0 Å². The highest BCUT2D eigenvalue weighted by Gasteiger charge is 2.09. The molecule has 6 nitrogen and oxygen atoms in total. The van der Waals surface area contributed by atoms with Gasteiger partial charge in [0.05, 0.1) is 0 Å². The Balaban J connectivity index is -0.000000161. The first-order chi connectivity index (χ1) is 21.6. The van der Waals surface area contributed by atoms with Gasteiger partial charge in [0, 0.05) is 62.8 Å². The molecule has 0 aliphatic carbocycles. The number of amides is 1. The Morgan fingerprint density at radius 1 is 0.333 bits per heavy atom. The van der Waals surface area contributed by atoms with Crippen LogP contribution >= 0.6 is 0 Å². The normalized spacial score (nSPS) is 10.9. The molecule has 0 aromatic carbocycles. The fourth-order valence-electron chi connectivity index (χ4n) is 4.07. The molecular weight excluding hydrogens is 598 g/mol. The lowest BCUT2D eigenvalue weighted by atomic mass is 9.99. The highest BCUT2D eigenvalue weighted by atomic mass is 16.2. The van der Waals surface area contributed by atoms with Gasteiger partial charge in [-0.15, -0.1) is 0 Å². The monoisotopic (exact) mass is 684 g/mol. The van der Waals surface area contributed by atoms with Gasteiger partial charge in [-0.05, 0) is 55.3 Å². The van der Waals surface area contributed by atoms with Crippen molar-refractivity contribution < 1.29 is 24.0 Å². The number of hydrogen-bond donors (Lipinski definition) is 1. The van der Waals surface area contributed by atoms with Crippen LogP contribution in [0.1, 0.15) is 183 Å². The summed E-state index contributed by atoms with van der Waals surface area (Å²) in [4.78, 5) is 55.0. The quantitative estimate of drug-likeness (QED) is 0.164. The lowest BCUT2D eigenvalue weighted by Crippen LogP contribution is -2.33. The smallest absolute Gasteiger partial charge is 0.222 e. The van der Waals surface area contributed by atoms with Crippen LogP contribution in [0, 0.1) is 53.3 Å². The number of nitrogens with one attached hydrogen (secondary N) is 1. The van der Waals surface area contributed by atoms with Crippen molar-refractivity contribution in [3.63, 3.8) is 0 Å². The Morgan fingerprint density at radius 3 is 0.625 bits per heavy atom. The maximum atomic E-state index is 11.1. The van der Waals surface area contributed by atoms with Crippen LogP contribution in [-0.4, -0.2) is 35.1 Å². The first-order valence-electron chi connectivity index (χ1n) is 19.0. The van der Waals surface area contributed by atoms with Crippen LogP contribution in [0.2, 0.25) is 0 Å². The van der Waals surface area contributed by atoms with Crippen LogP contribution in [0.25, 0.3) is 0 Å². The van der Waals surface area contributed by atoms with Crippen LogP contribution in [0.15, 0.2) is 0 Å². The van der Waals surface area contributed by atoms with Crippen molar-refractivity contribution in [2.75, 3.05) is 0 Å². The van der Waals surface area contributed by atoms with Gasteiger partial charge >= 0.3 is 0 Å². The summed E-state index contributed by atoms with van der Waals surface area (Å²) in [5, 5.41) is 2.80. The molecule has 0 aromatic rings. The van der Waals surface area contributed by atoms with Gasteiger partial charge in [0.1, 0.15) is 23.1 Å². The topological polar surface area (TPSA) is 97.4 Å². The third kappa shape index (κ3) is 56.5. The Labute approximate surface area is 300 Å². The molecule has 1 N–H and O–H groups in total. The van der Waals surface area contributed by atoms with Crippen LogP contribution in [-0.2, 0) is 24.0 Å². The second-order valence-corrected chi connectivity index (χ2v) is 17.2. The van der Waals surface area contributed by atoms with Gasteiger partial charge < -0.3 is 5.32 Å². The average molecular weight is 684 g/mol. The van der Waals surface area contributed by atoms with Crippen LogP contribution in [0.3, 0.4) is 0 Å². The lowest BCUT2D eigenvalue weighted by Gasteiger charge is -2.09. The van der Waals surface area contributed by atoms with Crippen LogP contribution < -0.4 is 5.32 Å². The Hall–Kier alpha value is -1.85. The third-order valence-electron chi connectivity index (χ3n) is 6.02. The van der Waals surface area contributed by atoms with E-state index in [4.69, 9.17) is 0 Å². The van der Waals surface area contributed by atoms with E-state index in [9.17, 15) is 24.0 Å². The largest absolute Gasteiger partial charge is 0.354 e. The van der Waals surface area contributed by atoms with Gasteiger partial charge in [-0.1, -0.05) is 125 Å². The van der Waals surface area contributed by atoms with Gasteiger partial charge in [0.2, 0.25) is 5.91 Å². The molecule has 0 aromatic heterocycles. The van der Waals surface area contributed by atoms with E-state index in [2.05, 4.69) is 102 Å². The molecule has 0 aliphatic heterocycles. The first-order valence-corrected chi connectivity index (χ1v) is 19.0. The molecular formula is C42H85NO5. The molecule has 48 heavy (non-hydrogen) atoms. The standard InChI is InChI=1S/3C9H18O.C8H16O.C7H15NO/c3*1-7(2)5-9(10)6-8(3)4;1-6(2)5-8(9)7(3)4;1-5(2)7(9)8-6(3)4/h3*7-8H,5-6H2,1-4H3;6-7H,5H2,1-4H3;5-6H,1-4H3,(H,8,9). The molecule has 0 saturated heterocycles. The SMILES string of the molecule is CC(C)CC(=O)C(C)C.CC(C)CC(=O)CC(C)C.CC(C)CC(=O)CC(C)C.CC(C)CC(=O)CC(C)C.CC(C)NC(=O)C(C)C. The van der Waals surface area contributed by atoms with E-state index in [0.717, 1.165) is 44.9 Å². The highest BCUT2D eigenvalue weighted by Crippen LogP contribution is 2.10. The van der Waals surface area contributed by atoms with E-state index in [1.807, 2.05) is 41.5 Å². The van der Waals surface area contributed by atoms with Gasteiger partial charge in [0.15, 0.2) is 0 Å². The number of ketones is 4. The van der Waals surface area contributed by atoms with E-state index in [0.29, 0.717) is 64.6 Å². The molecule has 6 heteroatoms. The zero-order valence-corrected chi connectivity index (χ0v) is 35.8. The summed E-state index contributed by atoms with van der Waals surface area (Å²) >= 11 is 0. The lowest BCUT2D eigenvalue weighted by molar-refractivity contribution is -0.124. The third-order valence-corrected chi connectivity index (χ3v) is 6.02. The Bertz CT molecular complexity index is 689. The summed E-state index contributed by atoms with van der Waals surface area (Å²) in [7, 11) is 0. The summed E-state index contributed by atoms with van der Waals surface area (Å²) in [6.45, 7) is 40.7. The molecule has 0 rings (SSSR count). The molecule has 0 heterocycles. The maximum absolute atomic E-state index is 11.1. The molecule has 288 valence electrons. The molecule has 0 aliphatic rings. The van der Waals surface area contributed by atoms with Gasteiger partial charge in [-0.25, -0.2) is 0 Å².